The van der Waals surface area contributed by atoms with E-state index in [9.17, 15) is 5.11 Å². The van der Waals surface area contributed by atoms with Crippen LogP contribution in [0.15, 0.2) is 28.8 Å². The maximum Gasteiger partial charge on any atom is 0.223 e. The molecular weight excluding hydrogens is 290 g/mol. The van der Waals surface area contributed by atoms with Gasteiger partial charge in [0.25, 0.3) is 0 Å². The molecule has 1 aromatic heterocycles. The van der Waals surface area contributed by atoms with Gasteiger partial charge in [-0.15, -0.1) is 0 Å². The number of benzene rings is 1. The molecule has 0 radical (unpaired) electrons. The molecule has 0 amide bonds. The highest BCUT2D eigenvalue weighted by atomic mass is 35.5. The maximum absolute atomic E-state index is 10.4. The van der Waals surface area contributed by atoms with Crippen LogP contribution < -0.4 is 0 Å². The van der Waals surface area contributed by atoms with Crippen LogP contribution in [0.4, 0.5) is 0 Å². The predicted octanol–water partition coefficient (Wildman–Crippen LogP) is 2.90. The van der Waals surface area contributed by atoms with Gasteiger partial charge >= 0.3 is 0 Å². The summed E-state index contributed by atoms with van der Waals surface area (Å²) in [5.41, 5.74) is 0.758. The molecule has 21 heavy (non-hydrogen) atoms. The molecule has 1 aliphatic rings. The van der Waals surface area contributed by atoms with Crippen molar-refractivity contribution in [1.29, 1.82) is 0 Å². The molecule has 1 fully saturated rings. The van der Waals surface area contributed by atoms with Crippen molar-refractivity contribution in [3.8, 4) is 0 Å². The number of hydrogen-bond acceptors (Lipinski definition) is 5. The minimum atomic E-state index is -0.618. The van der Waals surface area contributed by atoms with Crippen molar-refractivity contribution in [2.45, 2.75) is 31.9 Å². The number of aliphatic hydroxyl groups is 1. The summed E-state index contributed by atoms with van der Waals surface area (Å²) in [4.78, 5) is 6.51. The van der Waals surface area contributed by atoms with Gasteiger partial charge in [-0.05, 0) is 25.5 Å². The van der Waals surface area contributed by atoms with E-state index >= 15 is 0 Å². The van der Waals surface area contributed by atoms with Crippen LogP contribution in [0.1, 0.15) is 42.3 Å². The summed E-state index contributed by atoms with van der Waals surface area (Å²) in [6.07, 6.45) is 1.43. The fourth-order valence-corrected chi connectivity index (χ4v) is 3.11. The molecule has 0 aliphatic carbocycles. The number of rotatable bonds is 4. The lowest BCUT2D eigenvalue weighted by molar-refractivity contribution is 0.103. The van der Waals surface area contributed by atoms with Crippen molar-refractivity contribution >= 4 is 11.6 Å². The highest BCUT2D eigenvalue weighted by Crippen LogP contribution is 2.33. The molecule has 2 heterocycles. The number of aryl methyl sites for hydroxylation is 1. The number of aromatic nitrogens is 2. The SMILES string of the molecule is Cc1nc(C2CCCN2CC(O)c2ccccc2Cl)no1. The number of β-amino-alcohol motifs (C(OH)–C–C–N with tert-alkyl or cyclic N) is 1. The molecule has 2 aromatic rings. The van der Waals surface area contributed by atoms with Crippen molar-refractivity contribution in [3.05, 3.63) is 46.6 Å². The second-order valence-electron chi connectivity index (χ2n) is 5.36. The Morgan fingerprint density at radius 1 is 1.48 bits per heavy atom. The third kappa shape index (κ3) is 3.10. The first-order chi connectivity index (χ1) is 10.1. The summed E-state index contributed by atoms with van der Waals surface area (Å²) in [5.74, 6) is 1.28. The zero-order valence-corrected chi connectivity index (χ0v) is 12.6. The molecule has 2 atom stereocenters. The Morgan fingerprint density at radius 3 is 3.00 bits per heavy atom. The van der Waals surface area contributed by atoms with Crippen molar-refractivity contribution in [2.75, 3.05) is 13.1 Å². The van der Waals surface area contributed by atoms with Crippen LogP contribution in [-0.2, 0) is 0 Å². The molecule has 112 valence electrons. The average Bonchev–Trinajstić information content (AvgIpc) is 3.08. The van der Waals surface area contributed by atoms with E-state index in [1.807, 2.05) is 18.2 Å². The zero-order valence-electron chi connectivity index (χ0n) is 11.9. The van der Waals surface area contributed by atoms with Crippen LogP contribution in [0.3, 0.4) is 0 Å². The van der Waals surface area contributed by atoms with Gasteiger partial charge in [-0.2, -0.15) is 4.98 Å². The third-order valence-corrected chi connectivity index (χ3v) is 4.22. The molecule has 0 spiro atoms. The summed E-state index contributed by atoms with van der Waals surface area (Å²) >= 11 is 6.14. The summed E-state index contributed by atoms with van der Waals surface area (Å²) in [6.45, 7) is 3.22. The quantitative estimate of drug-likeness (QED) is 0.941. The topological polar surface area (TPSA) is 62.4 Å². The van der Waals surface area contributed by atoms with Crippen LogP contribution in [0, 0.1) is 6.92 Å². The number of hydrogen-bond donors (Lipinski definition) is 1. The summed E-state index contributed by atoms with van der Waals surface area (Å²) < 4.78 is 5.06. The molecule has 2 unspecified atom stereocenters. The number of halogens is 1. The van der Waals surface area contributed by atoms with E-state index in [1.165, 1.54) is 0 Å². The van der Waals surface area contributed by atoms with Crippen molar-refractivity contribution in [3.63, 3.8) is 0 Å². The Morgan fingerprint density at radius 2 is 2.29 bits per heavy atom. The second kappa shape index (κ2) is 6.13. The van der Waals surface area contributed by atoms with E-state index in [0.29, 0.717) is 23.3 Å². The van der Waals surface area contributed by atoms with Crippen LogP contribution in [0.5, 0.6) is 0 Å². The van der Waals surface area contributed by atoms with Crippen molar-refractivity contribution in [1.82, 2.24) is 15.0 Å². The van der Waals surface area contributed by atoms with Gasteiger partial charge in [-0.1, -0.05) is 35.0 Å². The van der Waals surface area contributed by atoms with Crippen molar-refractivity contribution < 1.29 is 9.63 Å². The first-order valence-electron chi connectivity index (χ1n) is 7.12. The lowest BCUT2D eigenvalue weighted by Crippen LogP contribution is -2.29. The Balaban J connectivity index is 1.73. The summed E-state index contributed by atoms with van der Waals surface area (Å²) in [7, 11) is 0. The Labute approximate surface area is 128 Å². The van der Waals surface area contributed by atoms with Gasteiger partial charge < -0.3 is 9.63 Å². The largest absolute Gasteiger partial charge is 0.387 e. The zero-order chi connectivity index (χ0) is 14.8. The molecular formula is C15H18ClN3O2. The first kappa shape index (κ1) is 14.5. The van der Waals surface area contributed by atoms with Crippen LogP contribution >= 0.6 is 11.6 Å². The van der Waals surface area contributed by atoms with Crippen LogP contribution in [0.25, 0.3) is 0 Å². The molecule has 1 N–H and O–H groups in total. The molecule has 5 nitrogen and oxygen atoms in total. The van der Waals surface area contributed by atoms with Crippen LogP contribution in [0.2, 0.25) is 5.02 Å². The third-order valence-electron chi connectivity index (χ3n) is 3.88. The van der Waals surface area contributed by atoms with Gasteiger partial charge in [0.1, 0.15) is 0 Å². The summed E-state index contributed by atoms with van der Waals surface area (Å²) in [6, 6.07) is 7.51. The van der Waals surface area contributed by atoms with Crippen LogP contribution in [-0.4, -0.2) is 33.2 Å². The molecule has 3 rings (SSSR count). The smallest absolute Gasteiger partial charge is 0.223 e. The van der Waals surface area contributed by atoms with Gasteiger partial charge in [0.2, 0.25) is 5.89 Å². The van der Waals surface area contributed by atoms with E-state index in [0.717, 1.165) is 24.9 Å². The van der Waals surface area contributed by atoms with E-state index in [2.05, 4.69) is 15.0 Å². The molecule has 6 heteroatoms. The van der Waals surface area contributed by atoms with Gasteiger partial charge in [0, 0.05) is 24.1 Å². The standard InChI is InChI=1S/C15H18ClN3O2/c1-10-17-15(18-21-10)13-7-4-8-19(13)9-14(20)11-5-2-3-6-12(11)16/h2-3,5-6,13-14,20H,4,7-9H2,1H3. The number of aliphatic hydroxyl groups excluding tert-OH is 1. The van der Waals surface area contributed by atoms with E-state index < -0.39 is 6.10 Å². The van der Waals surface area contributed by atoms with Gasteiger partial charge in [0.05, 0.1) is 12.1 Å². The van der Waals surface area contributed by atoms with Gasteiger partial charge in [0.15, 0.2) is 5.82 Å². The predicted molar refractivity (Wildman–Crippen MR) is 79.0 cm³/mol. The van der Waals surface area contributed by atoms with E-state index in [4.69, 9.17) is 16.1 Å². The maximum atomic E-state index is 10.4. The van der Waals surface area contributed by atoms with E-state index in [-0.39, 0.29) is 6.04 Å². The average molecular weight is 308 g/mol. The lowest BCUT2D eigenvalue weighted by Gasteiger charge is -2.25. The highest BCUT2D eigenvalue weighted by molar-refractivity contribution is 6.31. The van der Waals surface area contributed by atoms with E-state index in [1.54, 1.807) is 13.0 Å². The normalized spacial score (nSPS) is 20.8. The second-order valence-corrected chi connectivity index (χ2v) is 5.77. The minimum absolute atomic E-state index is 0.111. The monoisotopic (exact) mass is 307 g/mol. The summed E-state index contributed by atoms with van der Waals surface area (Å²) in [5, 5.41) is 15.0. The lowest BCUT2D eigenvalue weighted by atomic mass is 10.1. The Bertz CT molecular complexity index is 616. The molecule has 0 bridgehead atoms. The minimum Gasteiger partial charge on any atom is -0.387 e. The Hall–Kier alpha value is -1.43. The first-order valence-corrected chi connectivity index (χ1v) is 7.49. The fourth-order valence-electron chi connectivity index (χ4n) is 2.85. The molecule has 1 saturated heterocycles. The number of likely N-dealkylation sites (tertiary alicyclic amines) is 1. The van der Waals surface area contributed by atoms with Crippen molar-refractivity contribution in [2.24, 2.45) is 0 Å². The van der Waals surface area contributed by atoms with Gasteiger partial charge in [-0.3, -0.25) is 4.90 Å². The Kier molecular flexibility index (Phi) is 4.24. The molecule has 1 aromatic carbocycles. The van der Waals surface area contributed by atoms with Gasteiger partial charge in [-0.25, -0.2) is 0 Å². The molecule has 1 aliphatic heterocycles. The number of nitrogens with zero attached hydrogens (tertiary/aromatic N) is 3. The fraction of sp³-hybridized carbons (Fsp3) is 0.467. The highest BCUT2D eigenvalue weighted by Gasteiger charge is 2.31. The molecule has 0 saturated carbocycles.